The normalized spacial score (nSPS) is 21.0. The zero-order valence-electron chi connectivity index (χ0n) is 43.4. The molecule has 2 aliphatic rings. The summed E-state index contributed by atoms with van der Waals surface area (Å²) in [5.74, 6) is -10.2. The van der Waals surface area contributed by atoms with E-state index in [1.807, 2.05) is 0 Å². The van der Waals surface area contributed by atoms with Crippen molar-refractivity contribution >= 4 is 98.4 Å². The fourth-order valence-electron chi connectivity index (χ4n) is 8.13. The Hall–Kier alpha value is -8.15. The largest absolute Gasteiger partial charge is 0.508 e. The van der Waals surface area contributed by atoms with Gasteiger partial charge in [0.1, 0.15) is 48.0 Å². The summed E-state index contributed by atoms with van der Waals surface area (Å²) >= 11 is 0. The SMILES string of the molecule is CC(=O)NCNC(=O)CC[C@@H]1NC(=O)[C@H](Cc2ccccc2)NC(=O)[C@H](Cc2ccc(O)cc2)NC(=O)CCSSC[C@@H](C(=O)N2CCC[C@H]2C(=O)N[C@H](CCCN=C(N)N)C(=O)NCC(N)=O)NC(=O)[C@H](CC(N)=O)NC1=O. The van der Waals surface area contributed by atoms with E-state index in [0.717, 1.165) is 21.6 Å². The molecular weight excluding hydrogens is 1070 g/mol. The first-order valence-corrected chi connectivity index (χ1v) is 27.7. The number of nitrogens with zero attached hydrogens (tertiary/aromatic N) is 2. The molecule has 0 radical (unpaired) electrons. The molecule has 2 aromatic rings. The minimum absolute atomic E-state index is 0.00218. The summed E-state index contributed by atoms with van der Waals surface area (Å²) in [5.41, 5.74) is 22.7. The number of benzene rings is 2. The third-order valence-corrected chi connectivity index (χ3v) is 14.5. The highest BCUT2D eigenvalue weighted by molar-refractivity contribution is 8.76. The molecule has 7 atom stereocenters. The summed E-state index contributed by atoms with van der Waals surface area (Å²) < 4.78 is 0. The van der Waals surface area contributed by atoms with Gasteiger partial charge < -0.3 is 80.8 Å². The van der Waals surface area contributed by atoms with E-state index in [4.69, 9.17) is 22.9 Å². The first-order valence-electron chi connectivity index (χ1n) is 25.2. The van der Waals surface area contributed by atoms with Crippen molar-refractivity contribution < 1.29 is 62.6 Å². The van der Waals surface area contributed by atoms with Gasteiger partial charge in [0, 0.05) is 57.2 Å². The lowest BCUT2D eigenvalue weighted by atomic mass is 10.0. The van der Waals surface area contributed by atoms with Crippen LogP contribution < -0.4 is 70.8 Å². The number of nitrogens with one attached hydrogen (secondary N) is 9. The Kier molecular flexibility index (Phi) is 26.1. The van der Waals surface area contributed by atoms with Crippen LogP contribution in [0.25, 0.3) is 0 Å². The minimum atomic E-state index is -1.81. The highest BCUT2D eigenvalue weighted by atomic mass is 33.1. The standard InChI is InChI=1S/C49H69N15O13S2/c1-27(65)56-26-57-40(69)16-15-32-43(72)62-35(23-38(50)67)46(75)63-36(48(77)64-19-6-10-37(64)47(76)60-31(9-5-18-54-49(52)53)42(71)55-24-39(51)68)25-79-78-20-17-41(70)58-33(22-29-11-13-30(66)14-12-29)44(73)61-34(45(74)59-32)21-28-7-3-2-4-8-28/h2-4,7-8,11-14,31-37,66H,5-6,9-10,15-26H2,1H3,(H2,50,67)(H2,51,68)(H,55,71)(H,56,65)(H,57,69)(H,58,70)(H,59,74)(H,60,76)(H,61,73)(H,62,72)(H,63,75)(H4,52,53,54)/t31-,32+,33+,34+,35+,36+,37+/m1/s1. The molecular formula is C49H69N15O13S2. The molecule has 2 aromatic carbocycles. The van der Waals surface area contributed by atoms with Crippen molar-refractivity contribution in [2.24, 2.45) is 27.9 Å². The fraction of sp³-hybridized carbons (Fsp3) is 0.490. The second-order valence-electron chi connectivity index (χ2n) is 18.4. The monoisotopic (exact) mass is 1140 g/mol. The molecule has 12 amide bonds. The molecule has 0 saturated carbocycles. The molecule has 2 heterocycles. The summed E-state index contributed by atoms with van der Waals surface area (Å²) in [6.45, 7) is 0.513. The average Bonchev–Trinajstić information content (AvgIpc) is 3.94. The number of likely N-dealkylation sites (tertiary alicyclic amines) is 1. The second-order valence-corrected chi connectivity index (χ2v) is 21.0. The zero-order chi connectivity index (χ0) is 58.0. The van der Waals surface area contributed by atoms with Crippen molar-refractivity contribution in [3.05, 3.63) is 65.7 Å². The quantitative estimate of drug-likeness (QED) is 0.0184. The van der Waals surface area contributed by atoms with Gasteiger partial charge in [-0.25, -0.2) is 0 Å². The smallest absolute Gasteiger partial charge is 0.246 e. The summed E-state index contributed by atoms with van der Waals surface area (Å²) in [6, 6.07) is 4.25. The van der Waals surface area contributed by atoms with E-state index < -0.39 is 139 Å². The van der Waals surface area contributed by atoms with Crippen LogP contribution in [0.4, 0.5) is 0 Å². The van der Waals surface area contributed by atoms with Crippen LogP contribution >= 0.6 is 21.6 Å². The van der Waals surface area contributed by atoms with Gasteiger partial charge in [-0.15, -0.1) is 0 Å². The molecule has 30 heteroatoms. The van der Waals surface area contributed by atoms with Crippen LogP contribution in [0.15, 0.2) is 59.6 Å². The van der Waals surface area contributed by atoms with E-state index in [-0.39, 0.29) is 81.5 Å². The maximum Gasteiger partial charge on any atom is 0.246 e. The van der Waals surface area contributed by atoms with E-state index in [2.05, 4.69) is 52.8 Å². The number of aliphatic imine (C=N–C) groups is 1. The molecule has 0 unspecified atom stereocenters. The molecule has 18 N–H and O–H groups in total. The number of hydrogen-bond donors (Lipinski definition) is 14. The number of phenolic OH excluding ortho intramolecular Hbond substituents is 1. The lowest BCUT2D eigenvalue weighted by Crippen LogP contribution is -2.61. The Labute approximate surface area is 462 Å². The molecule has 430 valence electrons. The van der Waals surface area contributed by atoms with Gasteiger partial charge in [-0.2, -0.15) is 0 Å². The molecule has 2 aliphatic heterocycles. The summed E-state index contributed by atoms with van der Waals surface area (Å²) in [6.07, 6.45) is -1.50. The Balaban J connectivity index is 1.72. The van der Waals surface area contributed by atoms with Crippen LogP contribution in [-0.4, -0.2) is 167 Å². The number of rotatable bonds is 21. The Bertz CT molecular complexity index is 2540. The Morgan fingerprint density at radius 1 is 0.747 bits per heavy atom. The van der Waals surface area contributed by atoms with Crippen molar-refractivity contribution in [2.45, 2.75) is 113 Å². The number of primary amides is 2. The highest BCUT2D eigenvalue weighted by Crippen LogP contribution is 2.26. The molecule has 2 saturated heterocycles. The van der Waals surface area contributed by atoms with Crippen LogP contribution in [-0.2, 0) is 70.4 Å². The Morgan fingerprint density at radius 3 is 2.01 bits per heavy atom. The number of hydrogen-bond acceptors (Lipinski definition) is 16. The van der Waals surface area contributed by atoms with Gasteiger partial charge in [0.25, 0.3) is 0 Å². The van der Waals surface area contributed by atoms with Crippen LogP contribution in [0.1, 0.15) is 69.4 Å². The predicted octanol–water partition coefficient (Wildman–Crippen LogP) is -4.62. The van der Waals surface area contributed by atoms with Gasteiger partial charge in [0.05, 0.1) is 19.6 Å². The molecule has 0 aromatic heterocycles. The van der Waals surface area contributed by atoms with Gasteiger partial charge in [0.15, 0.2) is 5.96 Å². The zero-order valence-corrected chi connectivity index (χ0v) is 45.1. The van der Waals surface area contributed by atoms with Gasteiger partial charge in [-0.3, -0.25) is 62.5 Å². The van der Waals surface area contributed by atoms with Crippen LogP contribution in [0.2, 0.25) is 0 Å². The third kappa shape index (κ3) is 22.8. The first kappa shape index (κ1) is 63.4. The second kappa shape index (κ2) is 32.6. The summed E-state index contributed by atoms with van der Waals surface area (Å²) in [5, 5.41) is 32.7. The maximum atomic E-state index is 14.7. The van der Waals surface area contributed by atoms with Crippen molar-refractivity contribution in [3.63, 3.8) is 0 Å². The molecule has 28 nitrogen and oxygen atoms in total. The van der Waals surface area contributed by atoms with Gasteiger partial charge in [-0.1, -0.05) is 64.1 Å². The molecule has 4 rings (SSSR count). The van der Waals surface area contributed by atoms with Gasteiger partial charge >= 0.3 is 0 Å². The number of carbonyl (C=O) groups excluding carboxylic acids is 12. The number of nitrogens with two attached hydrogens (primary N) is 4. The van der Waals surface area contributed by atoms with Crippen LogP contribution in [0.5, 0.6) is 5.75 Å². The molecule has 79 heavy (non-hydrogen) atoms. The van der Waals surface area contributed by atoms with Crippen LogP contribution in [0, 0.1) is 0 Å². The van der Waals surface area contributed by atoms with Gasteiger partial charge in [0.2, 0.25) is 70.9 Å². The topological polar surface area (TPSA) is 453 Å². The van der Waals surface area contributed by atoms with E-state index in [1.165, 1.54) is 24.0 Å². The van der Waals surface area contributed by atoms with Crippen molar-refractivity contribution in [1.29, 1.82) is 0 Å². The summed E-state index contributed by atoms with van der Waals surface area (Å²) in [4.78, 5) is 166. The fourth-order valence-corrected chi connectivity index (χ4v) is 10.3. The van der Waals surface area contributed by atoms with E-state index in [1.54, 1.807) is 42.5 Å². The van der Waals surface area contributed by atoms with Crippen molar-refractivity contribution in [3.8, 4) is 5.75 Å². The Morgan fingerprint density at radius 2 is 1.37 bits per heavy atom. The van der Waals surface area contributed by atoms with Gasteiger partial charge in [-0.05, 0) is 55.4 Å². The first-order chi connectivity index (χ1) is 37.6. The summed E-state index contributed by atoms with van der Waals surface area (Å²) in [7, 11) is 2.17. The molecule has 0 spiro atoms. The number of amides is 12. The molecule has 0 aliphatic carbocycles. The van der Waals surface area contributed by atoms with Crippen molar-refractivity contribution in [2.75, 3.05) is 37.8 Å². The third-order valence-electron chi connectivity index (χ3n) is 12.1. The number of carbonyl (C=O) groups is 12. The number of guanidine groups is 1. The molecule has 2 fully saturated rings. The van der Waals surface area contributed by atoms with E-state index in [9.17, 15) is 62.6 Å². The average molecular weight is 1140 g/mol. The van der Waals surface area contributed by atoms with E-state index >= 15 is 0 Å². The molecule has 0 bridgehead atoms. The van der Waals surface area contributed by atoms with Crippen molar-refractivity contribution in [1.82, 2.24) is 52.8 Å². The number of aromatic hydroxyl groups is 1. The highest BCUT2D eigenvalue weighted by Gasteiger charge is 2.40. The maximum absolute atomic E-state index is 14.7. The minimum Gasteiger partial charge on any atom is -0.508 e. The lowest BCUT2D eigenvalue weighted by molar-refractivity contribution is -0.142. The predicted molar refractivity (Wildman–Crippen MR) is 290 cm³/mol. The van der Waals surface area contributed by atoms with Crippen LogP contribution in [0.3, 0.4) is 0 Å². The number of phenols is 1. The lowest BCUT2D eigenvalue weighted by Gasteiger charge is -2.31. The van der Waals surface area contributed by atoms with E-state index in [0.29, 0.717) is 17.5 Å².